The molecule has 2 heterocycles. The first kappa shape index (κ1) is 14.3. The molecular formula is C15H18N2O3S. The molecular weight excluding hydrogens is 288 g/mol. The van der Waals surface area contributed by atoms with Gasteiger partial charge < -0.3 is 15.0 Å². The number of hydrogen-bond donors (Lipinski definition) is 1. The van der Waals surface area contributed by atoms with Crippen LogP contribution in [0.1, 0.15) is 18.4 Å². The molecule has 0 saturated carbocycles. The fraction of sp³-hybridized carbons (Fsp3) is 0.467. The SMILES string of the molecule is COc1ccccc1CNC(=O)[C@]12CCC(=O)N1CCS2. The van der Waals surface area contributed by atoms with E-state index in [0.717, 1.165) is 17.1 Å². The van der Waals surface area contributed by atoms with Crippen LogP contribution in [0.5, 0.6) is 5.75 Å². The Morgan fingerprint density at radius 3 is 3.10 bits per heavy atom. The summed E-state index contributed by atoms with van der Waals surface area (Å²) in [4.78, 5) is 25.5. The van der Waals surface area contributed by atoms with Crippen LogP contribution >= 0.6 is 11.8 Å². The summed E-state index contributed by atoms with van der Waals surface area (Å²) in [5.41, 5.74) is 0.934. The molecule has 1 aromatic carbocycles. The van der Waals surface area contributed by atoms with Gasteiger partial charge in [-0.2, -0.15) is 0 Å². The van der Waals surface area contributed by atoms with Crippen molar-refractivity contribution in [1.29, 1.82) is 0 Å². The summed E-state index contributed by atoms with van der Waals surface area (Å²) >= 11 is 1.58. The Kier molecular flexibility index (Phi) is 3.80. The third-order valence-electron chi connectivity index (χ3n) is 4.06. The van der Waals surface area contributed by atoms with Gasteiger partial charge in [0.25, 0.3) is 5.91 Å². The van der Waals surface area contributed by atoms with E-state index in [1.807, 2.05) is 24.3 Å². The molecule has 1 N–H and O–H groups in total. The normalized spacial score (nSPS) is 24.0. The molecule has 112 valence electrons. The molecule has 2 aliphatic rings. The Morgan fingerprint density at radius 2 is 2.29 bits per heavy atom. The largest absolute Gasteiger partial charge is 0.496 e. The van der Waals surface area contributed by atoms with E-state index in [9.17, 15) is 9.59 Å². The molecule has 0 radical (unpaired) electrons. The smallest absolute Gasteiger partial charge is 0.256 e. The van der Waals surface area contributed by atoms with Crippen LogP contribution in [0.3, 0.4) is 0 Å². The molecule has 0 bridgehead atoms. The Bertz CT molecular complexity index is 578. The molecule has 6 heteroatoms. The van der Waals surface area contributed by atoms with Gasteiger partial charge >= 0.3 is 0 Å². The number of benzene rings is 1. The lowest BCUT2D eigenvalue weighted by atomic mass is 10.1. The Morgan fingerprint density at radius 1 is 1.48 bits per heavy atom. The zero-order chi connectivity index (χ0) is 14.9. The quantitative estimate of drug-likeness (QED) is 0.913. The highest BCUT2D eigenvalue weighted by Gasteiger charge is 2.54. The van der Waals surface area contributed by atoms with Crippen LogP contribution in [0.15, 0.2) is 24.3 Å². The van der Waals surface area contributed by atoms with Gasteiger partial charge in [-0.05, 0) is 12.5 Å². The van der Waals surface area contributed by atoms with Crippen LogP contribution in [0, 0.1) is 0 Å². The Balaban J connectivity index is 1.71. The average molecular weight is 306 g/mol. The predicted octanol–water partition coefficient (Wildman–Crippen LogP) is 1.38. The minimum Gasteiger partial charge on any atom is -0.496 e. The molecule has 2 fully saturated rings. The van der Waals surface area contributed by atoms with Gasteiger partial charge in [0.2, 0.25) is 5.91 Å². The highest BCUT2D eigenvalue weighted by Crippen LogP contribution is 2.44. The third-order valence-corrected chi connectivity index (χ3v) is 5.53. The van der Waals surface area contributed by atoms with Gasteiger partial charge in [-0.1, -0.05) is 18.2 Å². The fourth-order valence-electron chi connectivity index (χ4n) is 2.97. The maximum atomic E-state index is 12.6. The number of fused-ring (bicyclic) bond motifs is 1. The van der Waals surface area contributed by atoms with Gasteiger partial charge in [-0.25, -0.2) is 0 Å². The van der Waals surface area contributed by atoms with E-state index in [1.165, 1.54) is 0 Å². The lowest BCUT2D eigenvalue weighted by Crippen LogP contribution is -2.50. The number of hydrogen-bond acceptors (Lipinski definition) is 4. The van der Waals surface area contributed by atoms with Crippen molar-refractivity contribution in [2.45, 2.75) is 24.3 Å². The molecule has 0 unspecified atom stereocenters. The molecule has 2 aliphatic heterocycles. The minimum atomic E-state index is -0.681. The van der Waals surface area contributed by atoms with Crippen LogP contribution < -0.4 is 10.1 Å². The number of methoxy groups -OCH3 is 1. The van der Waals surface area contributed by atoms with Crippen LogP contribution in [0.2, 0.25) is 0 Å². The molecule has 0 spiro atoms. The standard InChI is InChI=1S/C15H18N2O3S/c1-20-12-5-3-2-4-11(12)10-16-14(19)15-7-6-13(18)17(15)8-9-21-15/h2-5H,6-10H2,1H3,(H,16,19)/t15-/m1/s1. The predicted molar refractivity (Wildman–Crippen MR) is 81.0 cm³/mol. The lowest BCUT2D eigenvalue weighted by Gasteiger charge is -2.29. The monoisotopic (exact) mass is 306 g/mol. The van der Waals surface area contributed by atoms with Crippen LogP contribution in [-0.2, 0) is 16.1 Å². The van der Waals surface area contributed by atoms with Crippen LogP contribution in [-0.4, -0.2) is 41.0 Å². The maximum Gasteiger partial charge on any atom is 0.256 e. The summed E-state index contributed by atoms with van der Waals surface area (Å²) in [7, 11) is 1.61. The Labute approximate surface area is 128 Å². The summed E-state index contributed by atoms with van der Waals surface area (Å²) in [6, 6.07) is 7.61. The first-order valence-corrected chi connectivity index (χ1v) is 8.00. The maximum absolute atomic E-state index is 12.6. The molecule has 2 saturated heterocycles. The molecule has 0 aromatic heterocycles. The van der Waals surface area contributed by atoms with Crippen molar-refractivity contribution < 1.29 is 14.3 Å². The second-order valence-electron chi connectivity index (χ2n) is 5.17. The third kappa shape index (κ3) is 2.37. The van der Waals surface area contributed by atoms with Crippen molar-refractivity contribution in [1.82, 2.24) is 10.2 Å². The summed E-state index contributed by atoms with van der Waals surface area (Å²) in [6.45, 7) is 1.08. The van der Waals surface area contributed by atoms with Gasteiger partial charge in [0, 0.05) is 30.8 Å². The minimum absolute atomic E-state index is 0.0678. The molecule has 5 nitrogen and oxygen atoms in total. The van der Waals surface area contributed by atoms with E-state index in [-0.39, 0.29) is 11.8 Å². The van der Waals surface area contributed by atoms with Crippen molar-refractivity contribution in [2.75, 3.05) is 19.4 Å². The van der Waals surface area contributed by atoms with E-state index in [4.69, 9.17) is 4.74 Å². The highest BCUT2D eigenvalue weighted by molar-refractivity contribution is 8.01. The zero-order valence-corrected chi connectivity index (χ0v) is 12.7. The second kappa shape index (κ2) is 5.60. The van der Waals surface area contributed by atoms with Gasteiger partial charge in [0.15, 0.2) is 4.87 Å². The molecule has 1 aromatic rings. The number of amides is 2. The summed E-state index contributed by atoms with van der Waals surface area (Å²) in [5.74, 6) is 1.61. The van der Waals surface area contributed by atoms with E-state index in [2.05, 4.69) is 5.32 Å². The van der Waals surface area contributed by atoms with E-state index in [1.54, 1.807) is 23.8 Å². The van der Waals surface area contributed by atoms with Crippen molar-refractivity contribution >= 4 is 23.6 Å². The lowest BCUT2D eigenvalue weighted by molar-refractivity contribution is -0.135. The van der Waals surface area contributed by atoms with Gasteiger partial charge in [0.05, 0.1) is 7.11 Å². The molecule has 3 rings (SSSR count). The number of nitrogens with zero attached hydrogens (tertiary/aromatic N) is 1. The fourth-order valence-corrected chi connectivity index (χ4v) is 4.38. The van der Waals surface area contributed by atoms with Crippen molar-refractivity contribution in [3.05, 3.63) is 29.8 Å². The van der Waals surface area contributed by atoms with Gasteiger partial charge in [-0.15, -0.1) is 11.8 Å². The highest BCUT2D eigenvalue weighted by atomic mass is 32.2. The van der Waals surface area contributed by atoms with Crippen molar-refractivity contribution in [3.63, 3.8) is 0 Å². The number of carbonyl (C=O) groups is 2. The number of nitrogens with one attached hydrogen (secondary N) is 1. The van der Waals surface area contributed by atoms with Crippen molar-refractivity contribution in [3.8, 4) is 5.75 Å². The van der Waals surface area contributed by atoms with E-state index >= 15 is 0 Å². The molecule has 2 amide bonds. The van der Waals surface area contributed by atoms with Crippen molar-refractivity contribution in [2.24, 2.45) is 0 Å². The number of carbonyl (C=O) groups excluding carboxylic acids is 2. The first-order chi connectivity index (χ1) is 10.2. The number of para-hydroxylation sites is 1. The van der Waals surface area contributed by atoms with Gasteiger partial charge in [-0.3, -0.25) is 9.59 Å². The Hall–Kier alpha value is -1.69. The summed E-state index contributed by atoms with van der Waals surface area (Å²) < 4.78 is 5.28. The summed E-state index contributed by atoms with van der Waals surface area (Å²) in [6.07, 6.45) is 1.07. The first-order valence-electron chi connectivity index (χ1n) is 7.02. The van der Waals surface area contributed by atoms with E-state index in [0.29, 0.717) is 25.9 Å². The number of ether oxygens (including phenoxy) is 1. The molecule has 1 atom stereocenters. The molecule has 21 heavy (non-hydrogen) atoms. The van der Waals surface area contributed by atoms with Crippen LogP contribution in [0.25, 0.3) is 0 Å². The zero-order valence-electron chi connectivity index (χ0n) is 11.9. The van der Waals surface area contributed by atoms with Crippen LogP contribution in [0.4, 0.5) is 0 Å². The summed E-state index contributed by atoms with van der Waals surface area (Å²) in [5, 5.41) is 2.96. The van der Waals surface area contributed by atoms with E-state index < -0.39 is 4.87 Å². The number of rotatable bonds is 4. The number of thioether (sulfide) groups is 1. The van der Waals surface area contributed by atoms with Gasteiger partial charge in [0.1, 0.15) is 5.75 Å². The average Bonchev–Trinajstić information content (AvgIpc) is 3.07. The second-order valence-corrected chi connectivity index (χ2v) is 6.55. The topological polar surface area (TPSA) is 58.6 Å². The molecule has 0 aliphatic carbocycles.